The van der Waals surface area contributed by atoms with Gasteiger partial charge in [-0.2, -0.15) is 16.7 Å². The first kappa shape index (κ1) is 16.8. The smallest absolute Gasteiger partial charge is 0.246 e. The molecular weight excluding hydrogens is 312 g/mol. The molecule has 2 fully saturated rings. The van der Waals surface area contributed by atoms with E-state index < -0.39 is 0 Å². The summed E-state index contributed by atoms with van der Waals surface area (Å²) >= 11 is 1.65. The van der Waals surface area contributed by atoms with E-state index in [0.29, 0.717) is 24.3 Å². The Morgan fingerprint density at radius 2 is 2.17 bits per heavy atom. The van der Waals surface area contributed by atoms with Crippen LogP contribution in [0.3, 0.4) is 0 Å². The van der Waals surface area contributed by atoms with Crippen molar-refractivity contribution in [3.05, 3.63) is 11.7 Å². The summed E-state index contributed by atoms with van der Waals surface area (Å²) in [5.74, 6) is 2.13. The van der Waals surface area contributed by atoms with E-state index in [4.69, 9.17) is 4.52 Å². The third kappa shape index (κ3) is 4.47. The molecule has 0 unspecified atom stereocenters. The molecule has 1 amide bonds. The Bertz CT molecular complexity index is 516. The fraction of sp³-hybridized carbons (Fsp3) is 0.812. The van der Waals surface area contributed by atoms with Crippen molar-refractivity contribution in [1.82, 2.24) is 20.4 Å². The third-order valence-corrected chi connectivity index (χ3v) is 5.41. The predicted molar refractivity (Wildman–Crippen MR) is 89.9 cm³/mol. The van der Waals surface area contributed by atoms with Gasteiger partial charge in [0.15, 0.2) is 5.82 Å². The van der Waals surface area contributed by atoms with Crippen LogP contribution in [-0.2, 0) is 17.1 Å². The first-order valence-electron chi connectivity index (χ1n) is 8.58. The van der Waals surface area contributed by atoms with Crippen LogP contribution < -0.4 is 5.32 Å². The van der Waals surface area contributed by atoms with Gasteiger partial charge in [0.05, 0.1) is 18.2 Å². The van der Waals surface area contributed by atoms with E-state index in [-0.39, 0.29) is 11.8 Å². The molecule has 0 spiro atoms. The van der Waals surface area contributed by atoms with Gasteiger partial charge in [0.25, 0.3) is 0 Å². The van der Waals surface area contributed by atoms with E-state index >= 15 is 0 Å². The number of nitrogens with one attached hydrogen (secondary N) is 1. The van der Waals surface area contributed by atoms with Crippen LogP contribution in [0.5, 0.6) is 0 Å². The van der Waals surface area contributed by atoms with E-state index in [1.54, 1.807) is 11.8 Å². The third-order valence-electron chi connectivity index (χ3n) is 4.86. The lowest BCUT2D eigenvalue weighted by atomic mass is 9.95. The van der Waals surface area contributed by atoms with Crippen molar-refractivity contribution < 1.29 is 9.32 Å². The number of hydrogen-bond donors (Lipinski definition) is 1. The maximum atomic E-state index is 12.4. The number of hydrogen-bond acceptors (Lipinski definition) is 6. The predicted octanol–water partition coefficient (Wildman–Crippen LogP) is 2.20. The number of carbonyl (C=O) groups excluding carboxylic acids is 1. The van der Waals surface area contributed by atoms with Gasteiger partial charge in [0.2, 0.25) is 11.8 Å². The summed E-state index contributed by atoms with van der Waals surface area (Å²) in [6, 6.07) is 0.704. The summed E-state index contributed by atoms with van der Waals surface area (Å²) in [6.45, 7) is 2.38. The normalized spacial score (nSPS) is 23.3. The lowest BCUT2D eigenvalue weighted by molar-refractivity contribution is -0.127. The molecule has 0 aromatic carbocycles. The number of thioether (sulfide) groups is 1. The van der Waals surface area contributed by atoms with Crippen molar-refractivity contribution >= 4 is 17.7 Å². The zero-order valence-corrected chi connectivity index (χ0v) is 14.6. The molecule has 1 aliphatic carbocycles. The van der Waals surface area contributed by atoms with Crippen molar-refractivity contribution in [2.24, 2.45) is 5.92 Å². The molecule has 1 saturated carbocycles. The molecule has 7 heteroatoms. The average molecular weight is 338 g/mol. The second-order valence-corrected chi connectivity index (χ2v) is 7.39. The van der Waals surface area contributed by atoms with Gasteiger partial charge in [0.1, 0.15) is 0 Å². The highest BCUT2D eigenvalue weighted by molar-refractivity contribution is 7.97. The number of rotatable bonds is 6. The fourth-order valence-corrected chi connectivity index (χ4v) is 4.05. The maximum Gasteiger partial charge on any atom is 0.246 e. The number of carbonyl (C=O) groups is 1. The first-order valence-corrected chi connectivity index (χ1v) is 9.98. The van der Waals surface area contributed by atoms with Gasteiger partial charge in [-0.15, -0.1) is 0 Å². The van der Waals surface area contributed by atoms with Gasteiger partial charge in [-0.05, 0) is 38.5 Å². The summed E-state index contributed by atoms with van der Waals surface area (Å²) in [4.78, 5) is 19.2. The Morgan fingerprint density at radius 1 is 1.35 bits per heavy atom. The Labute approximate surface area is 141 Å². The highest BCUT2D eigenvalue weighted by Crippen LogP contribution is 2.28. The van der Waals surface area contributed by atoms with Crippen LogP contribution in [0, 0.1) is 5.92 Å². The topological polar surface area (TPSA) is 71.3 Å². The van der Waals surface area contributed by atoms with Crippen molar-refractivity contribution in [2.45, 2.75) is 56.9 Å². The van der Waals surface area contributed by atoms with E-state index in [1.165, 1.54) is 25.7 Å². The molecule has 2 heterocycles. The molecule has 1 atom stereocenters. The van der Waals surface area contributed by atoms with Gasteiger partial charge in [-0.25, -0.2) is 0 Å². The molecule has 1 aromatic heterocycles. The zero-order chi connectivity index (χ0) is 16.1. The highest BCUT2D eigenvalue weighted by Gasteiger charge is 2.31. The molecule has 1 aliphatic heterocycles. The second-order valence-electron chi connectivity index (χ2n) is 6.53. The van der Waals surface area contributed by atoms with Crippen LogP contribution in [0.25, 0.3) is 0 Å². The summed E-state index contributed by atoms with van der Waals surface area (Å²) in [7, 11) is 0. The van der Waals surface area contributed by atoms with Crippen LogP contribution in [0.4, 0.5) is 0 Å². The summed E-state index contributed by atoms with van der Waals surface area (Å²) in [6.07, 6.45) is 9.38. The number of aromatic nitrogens is 2. The number of likely N-dealkylation sites (tertiary alicyclic amines) is 1. The SMILES string of the molecule is CSCc1noc(CNC(=O)[C@@H]2CCCN(C3CCCC3)C2)n1. The van der Waals surface area contributed by atoms with E-state index in [2.05, 4.69) is 20.4 Å². The zero-order valence-electron chi connectivity index (χ0n) is 13.8. The molecule has 3 rings (SSSR count). The van der Waals surface area contributed by atoms with Crippen LogP contribution in [0.15, 0.2) is 4.52 Å². The highest BCUT2D eigenvalue weighted by atomic mass is 32.2. The van der Waals surface area contributed by atoms with Crippen LogP contribution >= 0.6 is 11.8 Å². The Kier molecular flexibility index (Phi) is 5.94. The molecule has 128 valence electrons. The van der Waals surface area contributed by atoms with Crippen molar-refractivity contribution in [2.75, 3.05) is 19.3 Å². The molecular formula is C16H26N4O2S. The van der Waals surface area contributed by atoms with Gasteiger partial charge in [0, 0.05) is 12.6 Å². The standard InChI is InChI=1S/C16H26N4O2S/c1-23-11-14-18-15(22-19-14)9-17-16(21)12-5-4-8-20(10-12)13-6-2-3-7-13/h12-13H,2-11H2,1H3,(H,17,21)/t12-/m1/s1. The molecule has 2 aliphatic rings. The minimum absolute atomic E-state index is 0.0953. The molecule has 1 aromatic rings. The molecule has 0 bridgehead atoms. The summed E-state index contributed by atoms with van der Waals surface area (Å²) in [5, 5.41) is 6.86. The summed E-state index contributed by atoms with van der Waals surface area (Å²) < 4.78 is 5.16. The molecule has 0 radical (unpaired) electrons. The van der Waals surface area contributed by atoms with Crippen molar-refractivity contribution in [3.8, 4) is 0 Å². The average Bonchev–Trinajstić information content (AvgIpc) is 3.25. The van der Waals surface area contributed by atoms with Crippen molar-refractivity contribution in [1.29, 1.82) is 0 Å². The quantitative estimate of drug-likeness (QED) is 0.857. The molecule has 6 nitrogen and oxygen atoms in total. The number of amides is 1. The second kappa shape index (κ2) is 8.15. The Balaban J connectivity index is 1.47. The maximum absolute atomic E-state index is 12.4. The Hall–Kier alpha value is -1.08. The largest absolute Gasteiger partial charge is 0.347 e. The van der Waals surface area contributed by atoms with Gasteiger partial charge in [-0.1, -0.05) is 18.0 Å². The van der Waals surface area contributed by atoms with Crippen LogP contribution in [0.2, 0.25) is 0 Å². The minimum atomic E-state index is 0.0953. The molecule has 1 saturated heterocycles. The van der Waals surface area contributed by atoms with Gasteiger partial charge < -0.3 is 9.84 Å². The minimum Gasteiger partial charge on any atom is -0.347 e. The van der Waals surface area contributed by atoms with E-state index in [0.717, 1.165) is 31.7 Å². The lowest BCUT2D eigenvalue weighted by Crippen LogP contribution is -2.46. The fourth-order valence-electron chi connectivity index (χ4n) is 3.68. The first-order chi connectivity index (χ1) is 11.3. The number of nitrogens with zero attached hydrogens (tertiary/aromatic N) is 3. The van der Waals surface area contributed by atoms with E-state index in [1.807, 2.05) is 6.26 Å². The van der Waals surface area contributed by atoms with Crippen LogP contribution in [-0.4, -0.2) is 46.3 Å². The lowest BCUT2D eigenvalue weighted by Gasteiger charge is -2.36. The molecule has 23 heavy (non-hydrogen) atoms. The molecule has 1 N–H and O–H groups in total. The number of piperidine rings is 1. The summed E-state index contributed by atoms with van der Waals surface area (Å²) in [5.41, 5.74) is 0. The van der Waals surface area contributed by atoms with Crippen molar-refractivity contribution in [3.63, 3.8) is 0 Å². The van der Waals surface area contributed by atoms with E-state index in [9.17, 15) is 4.79 Å². The van der Waals surface area contributed by atoms with Gasteiger partial charge >= 0.3 is 0 Å². The van der Waals surface area contributed by atoms with Gasteiger partial charge in [-0.3, -0.25) is 9.69 Å². The van der Waals surface area contributed by atoms with Crippen LogP contribution in [0.1, 0.15) is 50.2 Å². The monoisotopic (exact) mass is 338 g/mol. The Morgan fingerprint density at radius 3 is 2.96 bits per heavy atom.